The highest BCUT2D eigenvalue weighted by Crippen LogP contribution is 2.43. The van der Waals surface area contributed by atoms with E-state index in [0.29, 0.717) is 31.5 Å². The Labute approximate surface area is 163 Å². The maximum atomic E-state index is 13.2. The van der Waals surface area contributed by atoms with E-state index >= 15 is 0 Å². The number of aromatic amines is 1. The Morgan fingerprint density at radius 3 is 2.54 bits per heavy atom. The van der Waals surface area contributed by atoms with Gasteiger partial charge in [0.2, 0.25) is 5.91 Å². The van der Waals surface area contributed by atoms with E-state index in [1.165, 1.54) is 0 Å². The number of aromatic nitrogens is 1. The Morgan fingerprint density at radius 2 is 1.89 bits per heavy atom. The lowest BCUT2D eigenvalue weighted by Gasteiger charge is -2.45. The van der Waals surface area contributed by atoms with Crippen molar-refractivity contribution in [3.63, 3.8) is 0 Å². The molecule has 0 aliphatic carbocycles. The lowest BCUT2D eigenvalue weighted by atomic mass is 9.77. The van der Waals surface area contributed by atoms with Crippen LogP contribution in [-0.4, -0.2) is 63.4 Å². The van der Waals surface area contributed by atoms with Gasteiger partial charge in [0.15, 0.2) is 0 Å². The fourth-order valence-corrected chi connectivity index (χ4v) is 4.91. The van der Waals surface area contributed by atoms with E-state index in [-0.39, 0.29) is 18.2 Å². The highest BCUT2D eigenvalue weighted by molar-refractivity contribution is 6.06. The van der Waals surface area contributed by atoms with Gasteiger partial charge in [0.25, 0.3) is 5.91 Å². The third-order valence-corrected chi connectivity index (χ3v) is 6.86. The molecule has 2 fully saturated rings. The molecule has 0 unspecified atom stereocenters. The second-order valence-electron chi connectivity index (χ2n) is 8.05. The van der Waals surface area contributed by atoms with Crippen molar-refractivity contribution < 1.29 is 19.5 Å². The number of hydrogen-bond donors (Lipinski definition) is 2. The minimum Gasteiger partial charge on any atom is -0.481 e. The number of fused-ring (bicyclic) bond motifs is 1. The number of amides is 2. The summed E-state index contributed by atoms with van der Waals surface area (Å²) in [6, 6.07) is 5.73. The standard InChI is InChI=1S/C21H25N3O4/c1-12-13(2)22-18-14(12)5-4-6-15(18)19(26)24-9-7-21(8-10-24)16(20(27)28)11-17(25)23(21)3/h4-6,16,22H,7-11H2,1-3H3,(H,27,28)/t16-/m0/s1. The largest absolute Gasteiger partial charge is 0.481 e. The number of carboxylic acid groups (broad SMARTS) is 1. The maximum Gasteiger partial charge on any atom is 0.309 e. The van der Waals surface area contributed by atoms with Crippen LogP contribution in [0.1, 0.15) is 40.9 Å². The van der Waals surface area contributed by atoms with E-state index < -0.39 is 17.4 Å². The van der Waals surface area contributed by atoms with Crippen LogP contribution in [0.25, 0.3) is 10.9 Å². The third kappa shape index (κ3) is 2.52. The van der Waals surface area contributed by atoms with Crippen molar-refractivity contribution in [2.45, 2.75) is 38.6 Å². The molecule has 0 saturated carbocycles. The van der Waals surface area contributed by atoms with Crippen LogP contribution >= 0.6 is 0 Å². The zero-order valence-corrected chi connectivity index (χ0v) is 16.4. The second kappa shape index (κ2) is 6.36. The van der Waals surface area contributed by atoms with Gasteiger partial charge in [-0.25, -0.2) is 0 Å². The van der Waals surface area contributed by atoms with Crippen LogP contribution in [0.2, 0.25) is 0 Å². The molecule has 2 amide bonds. The third-order valence-electron chi connectivity index (χ3n) is 6.86. The lowest BCUT2D eigenvalue weighted by Crippen LogP contribution is -2.56. The van der Waals surface area contributed by atoms with Gasteiger partial charge in [-0.1, -0.05) is 12.1 Å². The molecular formula is C21H25N3O4. The Morgan fingerprint density at radius 1 is 1.21 bits per heavy atom. The van der Waals surface area contributed by atoms with Gasteiger partial charge in [0, 0.05) is 37.6 Å². The second-order valence-corrected chi connectivity index (χ2v) is 8.05. The number of benzene rings is 1. The monoisotopic (exact) mass is 383 g/mol. The fraction of sp³-hybridized carbons (Fsp3) is 0.476. The zero-order valence-electron chi connectivity index (χ0n) is 16.4. The van der Waals surface area contributed by atoms with Crippen molar-refractivity contribution in [3.8, 4) is 0 Å². The number of hydrogen-bond acceptors (Lipinski definition) is 3. The molecule has 2 N–H and O–H groups in total. The molecule has 1 atom stereocenters. The summed E-state index contributed by atoms with van der Waals surface area (Å²) in [4.78, 5) is 43.8. The van der Waals surface area contributed by atoms with Gasteiger partial charge in [-0.15, -0.1) is 0 Å². The van der Waals surface area contributed by atoms with Gasteiger partial charge < -0.3 is 19.9 Å². The SMILES string of the molecule is Cc1[nH]c2c(C(=O)N3CCC4(CC3)[C@H](C(=O)O)CC(=O)N4C)cccc2c1C. The lowest BCUT2D eigenvalue weighted by molar-refractivity contribution is -0.145. The molecule has 2 saturated heterocycles. The van der Waals surface area contributed by atoms with Gasteiger partial charge >= 0.3 is 5.97 Å². The summed E-state index contributed by atoms with van der Waals surface area (Å²) in [6.07, 6.45) is 1.01. The molecule has 28 heavy (non-hydrogen) atoms. The van der Waals surface area contributed by atoms with Gasteiger partial charge in [0.1, 0.15) is 0 Å². The average Bonchev–Trinajstić information content (AvgIpc) is 3.11. The predicted molar refractivity (Wildman–Crippen MR) is 104 cm³/mol. The predicted octanol–water partition coefficient (Wildman–Crippen LogP) is 2.32. The Bertz CT molecular complexity index is 985. The molecule has 0 radical (unpaired) electrons. The summed E-state index contributed by atoms with van der Waals surface area (Å²) >= 11 is 0. The number of rotatable bonds is 2. The van der Waals surface area contributed by atoms with Crippen LogP contribution in [-0.2, 0) is 9.59 Å². The molecule has 7 nitrogen and oxygen atoms in total. The first-order chi connectivity index (χ1) is 13.3. The van der Waals surface area contributed by atoms with Gasteiger partial charge in [0.05, 0.1) is 22.5 Å². The molecule has 1 aromatic heterocycles. The van der Waals surface area contributed by atoms with Crippen molar-refractivity contribution >= 4 is 28.7 Å². The average molecular weight is 383 g/mol. The topological polar surface area (TPSA) is 93.7 Å². The molecule has 4 rings (SSSR count). The molecule has 2 aromatic rings. The number of para-hydroxylation sites is 1. The molecule has 3 heterocycles. The van der Waals surface area contributed by atoms with Crippen molar-refractivity contribution in [3.05, 3.63) is 35.0 Å². The summed E-state index contributed by atoms with van der Waals surface area (Å²) in [5, 5.41) is 10.6. The van der Waals surface area contributed by atoms with Crippen molar-refractivity contribution in [2.24, 2.45) is 5.92 Å². The van der Waals surface area contributed by atoms with E-state index in [1.807, 2.05) is 32.0 Å². The maximum absolute atomic E-state index is 13.2. The van der Waals surface area contributed by atoms with Crippen LogP contribution in [0, 0.1) is 19.8 Å². The number of likely N-dealkylation sites (tertiary alicyclic amines) is 2. The summed E-state index contributed by atoms with van der Waals surface area (Å²) in [5.74, 6) is -1.83. The fourth-order valence-electron chi connectivity index (χ4n) is 4.91. The number of aryl methyl sites for hydroxylation is 2. The smallest absolute Gasteiger partial charge is 0.309 e. The minimum atomic E-state index is -0.931. The van der Waals surface area contributed by atoms with Crippen molar-refractivity contribution in [1.29, 1.82) is 0 Å². The molecule has 1 aromatic carbocycles. The van der Waals surface area contributed by atoms with Gasteiger partial charge in [-0.3, -0.25) is 14.4 Å². The highest BCUT2D eigenvalue weighted by atomic mass is 16.4. The molecule has 2 aliphatic heterocycles. The number of carbonyl (C=O) groups excluding carboxylic acids is 2. The quantitative estimate of drug-likeness (QED) is 0.832. The van der Waals surface area contributed by atoms with E-state index in [1.54, 1.807) is 16.8 Å². The number of nitrogens with one attached hydrogen (secondary N) is 1. The summed E-state index contributed by atoms with van der Waals surface area (Å²) in [7, 11) is 1.69. The number of aliphatic carboxylic acids is 1. The highest BCUT2D eigenvalue weighted by Gasteiger charge is 2.55. The molecule has 7 heteroatoms. The molecule has 1 spiro atoms. The molecule has 2 aliphatic rings. The molecular weight excluding hydrogens is 358 g/mol. The van der Waals surface area contributed by atoms with Gasteiger partial charge in [-0.05, 0) is 38.3 Å². The van der Waals surface area contributed by atoms with Crippen LogP contribution in [0.3, 0.4) is 0 Å². The normalized spacial score (nSPS) is 21.7. The first-order valence-electron chi connectivity index (χ1n) is 9.63. The molecule has 0 bridgehead atoms. The minimum absolute atomic E-state index is 0.0418. The van der Waals surface area contributed by atoms with Crippen LogP contribution in [0.5, 0.6) is 0 Å². The van der Waals surface area contributed by atoms with Gasteiger partial charge in [-0.2, -0.15) is 0 Å². The molecule has 148 valence electrons. The number of nitrogens with zero attached hydrogens (tertiary/aromatic N) is 2. The van der Waals surface area contributed by atoms with Crippen LogP contribution < -0.4 is 0 Å². The Hall–Kier alpha value is -2.83. The summed E-state index contributed by atoms with van der Waals surface area (Å²) in [6.45, 7) is 4.91. The van der Waals surface area contributed by atoms with E-state index in [0.717, 1.165) is 22.2 Å². The van der Waals surface area contributed by atoms with Crippen LogP contribution in [0.4, 0.5) is 0 Å². The van der Waals surface area contributed by atoms with Crippen LogP contribution in [0.15, 0.2) is 18.2 Å². The zero-order chi connectivity index (χ0) is 20.2. The van der Waals surface area contributed by atoms with Crippen molar-refractivity contribution in [1.82, 2.24) is 14.8 Å². The Kier molecular flexibility index (Phi) is 4.21. The van der Waals surface area contributed by atoms with E-state index in [9.17, 15) is 19.5 Å². The first kappa shape index (κ1) is 18.5. The summed E-state index contributed by atoms with van der Waals surface area (Å²) < 4.78 is 0. The number of carboxylic acids is 1. The van der Waals surface area contributed by atoms with E-state index in [4.69, 9.17) is 0 Å². The number of piperidine rings is 1. The number of carbonyl (C=O) groups is 3. The van der Waals surface area contributed by atoms with E-state index in [2.05, 4.69) is 4.98 Å². The van der Waals surface area contributed by atoms with Crippen molar-refractivity contribution in [2.75, 3.05) is 20.1 Å². The number of H-pyrrole nitrogens is 1. The Balaban J connectivity index is 1.59. The first-order valence-corrected chi connectivity index (χ1v) is 9.63. The summed E-state index contributed by atoms with van der Waals surface area (Å²) in [5.41, 5.74) is 2.97.